The summed E-state index contributed by atoms with van der Waals surface area (Å²) in [5.41, 5.74) is 1.18. The van der Waals surface area contributed by atoms with Crippen molar-refractivity contribution in [2.75, 3.05) is 6.61 Å². The Bertz CT molecular complexity index is 313. The maximum Gasteiger partial charge on any atom is 0.0584 e. The molecular weight excluding hydrogens is 222 g/mol. The fraction of sp³-hybridized carbons (Fsp3) is 0.538. The average molecular weight is 242 g/mol. The molecule has 2 N–H and O–H groups in total. The van der Waals surface area contributed by atoms with Gasteiger partial charge in [0, 0.05) is 17.1 Å². The zero-order valence-corrected chi connectivity index (χ0v) is 10.7. The number of aliphatic hydroxyl groups is 1. The lowest BCUT2D eigenvalue weighted by Gasteiger charge is -2.23. The summed E-state index contributed by atoms with van der Waals surface area (Å²) in [6.45, 7) is 4.37. The van der Waals surface area contributed by atoms with E-state index >= 15 is 0 Å². The maximum atomic E-state index is 9.18. The van der Waals surface area contributed by atoms with Gasteiger partial charge in [0.05, 0.1) is 6.61 Å². The average Bonchev–Trinajstić information content (AvgIpc) is 2.31. The molecule has 2 nitrogen and oxygen atoms in total. The summed E-state index contributed by atoms with van der Waals surface area (Å²) < 4.78 is 0. The number of aliphatic hydroxyl groups excluding tert-OH is 1. The first-order valence-corrected chi connectivity index (χ1v) is 6.21. The van der Waals surface area contributed by atoms with E-state index in [0.717, 1.165) is 17.9 Å². The van der Waals surface area contributed by atoms with Crippen LogP contribution in [-0.2, 0) is 0 Å². The molecule has 0 heterocycles. The highest BCUT2D eigenvalue weighted by molar-refractivity contribution is 6.30. The lowest BCUT2D eigenvalue weighted by Crippen LogP contribution is -2.34. The maximum absolute atomic E-state index is 9.18. The van der Waals surface area contributed by atoms with Gasteiger partial charge in [0.2, 0.25) is 0 Å². The lowest BCUT2D eigenvalue weighted by atomic mass is 10.0. The molecule has 90 valence electrons. The number of halogens is 1. The minimum Gasteiger partial charge on any atom is -0.395 e. The zero-order chi connectivity index (χ0) is 12.0. The summed E-state index contributed by atoms with van der Waals surface area (Å²) >= 11 is 5.97. The van der Waals surface area contributed by atoms with Crippen molar-refractivity contribution in [1.29, 1.82) is 0 Å². The summed E-state index contributed by atoms with van der Waals surface area (Å²) in [6.07, 6.45) is 1.91. The number of rotatable bonds is 6. The van der Waals surface area contributed by atoms with Crippen LogP contribution in [0.2, 0.25) is 5.02 Å². The van der Waals surface area contributed by atoms with Gasteiger partial charge in [0.1, 0.15) is 0 Å². The van der Waals surface area contributed by atoms with Crippen LogP contribution < -0.4 is 5.32 Å². The quantitative estimate of drug-likeness (QED) is 0.802. The molecule has 1 aromatic rings. The van der Waals surface area contributed by atoms with E-state index in [9.17, 15) is 5.11 Å². The molecule has 2 unspecified atom stereocenters. The standard InChI is InChI=1S/C13H20ClNO/c1-3-12(9-16)15-13(4-2)10-6-5-7-11(14)8-10/h5-8,12-13,15-16H,3-4,9H2,1-2H3. The molecular formula is C13H20ClNO. The van der Waals surface area contributed by atoms with Gasteiger partial charge in [-0.1, -0.05) is 37.6 Å². The van der Waals surface area contributed by atoms with Crippen LogP contribution in [0.15, 0.2) is 24.3 Å². The Morgan fingerprint density at radius 3 is 2.56 bits per heavy atom. The Labute approximate surface area is 103 Å². The van der Waals surface area contributed by atoms with Gasteiger partial charge in [-0.3, -0.25) is 0 Å². The fourth-order valence-corrected chi connectivity index (χ4v) is 1.96. The number of hydrogen-bond donors (Lipinski definition) is 2. The normalized spacial score (nSPS) is 14.8. The Morgan fingerprint density at radius 1 is 1.31 bits per heavy atom. The van der Waals surface area contributed by atoms with E-state index in [-0.39, 0.29) is 18.7 Å². The monoisotopic (exact) mass is 241 g/mol. The molecule has 0 saturated carbocycles. The van der Waals surface area contributed by atoms with Crippen molar-refractivity contribution in [2.45, 2.75) is 38.8 Å². The molecule has 0 spiro atoms. The highest BCUT2D eigenvalue weighted by Gasteiger charge is 2.13. The predicted octanol–water partition coefficient (Wildman–Crippen LogP) is 3.15. The van der Waals surface area contributed by atoms with Crippen molar-refractivity contribution >= 4 is 11.6 Å². The van der Waals surface area contributed by atoms with E-state index in [0.29, 0.717) is 0 Å². The Balaban J connectivity index is 2.74. The van der Waals surface area contributed by atoms with Crippen molar-refractivity contribution in [2.24, 2.45) is 0 Å². The molecule has 2 atom stereocenters. The SMILES string of the molecule is CCC(CO)NC(CC)c1cccc(Cl)c1. The summed E-state index contributed by atoms with van der Waals surface area (Å²) in [5.74, 6) is 0. The third-order valence-corrected chi connectivity index (χ3v) is 3.04. The van der Waals surface area contributed by atoms with Crippen LogP contribution in [0.1, 0.15) is 38.3 Å². The minimum atomic E-state index is 0.156. The van der Waals surface area contributed by atoms with Crippen molar-refractivity contribution in [3.8, 4) is 0 Å². The molecule has 1 aromatic carbocycles. The summed E-state index contributed by atoms with van der Waals surface area (Å²) in [6, 6.07) is 8.30. The third kappa shape index (κ3) is 3.78. The number of benzene rings is 1. The van der Waals surface area contributed by atoms with Gasteiger partial charge in [0.25, 0.3) is 0 Å². The van der Waals surface area contributed by atoms with Crippen LogP contribution in [0, 0.1) is 0 Å². The molecule has 0 amide bonds. The van der Waals surface area contributed by atoms with Crippen LogP contribution >= 0.6 is 11.6 Å². The van der Waals surface area contributed by atoms with Crippen LogP contribution in [0.25, 0.3) is 0 Å². The van der Waals surface area contributed by atoms with Crippen molar-refractivity contribution < 1.29 is 5.11 Å². The molecule has 0 radical (unpaired) electrons. The van der Waals surface area contributed by atoms with Gasteiger partial charge < -0.3 is 10.4 Å². The molecule has 3 heteroatoms. The largest absolute Gasteiger partial charge is 0.395 e. The Kier molecular flexibility index (Phi) is 5.81. The second kappa shape index (κ2) is 6.89. The molecule has 0 fully saturated rings. The van der Waals surface area contributed by atoms with E-state index in [1.54, 1.807) is 0 Å². The van der Waals surface area contributed by atoms with E-state index in [1.807, 2.05) is 18.2 Å². The van der Waals surface area contributed by atoms with E-state index in [4.69, 9.17) is 11.6 Å². The highest BCUT2D eigenvalue weighted by Crippen LogP contribution is 2.21. The fourth-order valence-electron chi connectivity index (χ4n) is 1.76. The molecule has 0 saturated heterocycles. The predicted molar refractivity (Wildman–Crippen MR) is 68.8 cm³/mol. The van der Waals surface area contributed by atoms with Gasteiger partial charge in [-0.25, -0.2) is 0 Å². The first-order chi connectivity index (χ1) is 7.71. The van der Waals surface area contributed by atoms with Crippen LogP contribution in [0.3, 0.4) is 0 Å². The van der Waals surface area contributed by atoms with Crippen molar-refractivity contribution in [1.82, 2.24) is 5.32 Å². The second-order valence-corrected chi connectivity index (χ2v) is 4.41. The molecule has 0 aliphatic heterocycles. The minimum absolute atomic E-state index is 0.156. The van der Waals surface area contributed by atoms with Gasteiger partial charge in [-0.15, -0.1) is 0 Å². The summed E-state index contributed by atoms with van der Waals surface area (Å²) in [5, 5.41) is 13.4. The summed E-state index contributed by atoms with van der Waals surface area (Å²) in [4.78, 5) is 0. The molecule has 0 aliphatic carbocycles. The zero-order valence-electron chi connectivity index (χ0n) is 9.91. The van der Waals surface area contributed by atoms with Crippen LogP contribution in [0.5, 0.6) is 0 Å². The molecule has 1 rings (SSSR count). The van der Waals surface area contributed by atoms with Crippen molar-refractivity contribution in [3.05, 3.63) is 34.9 Å². The Hall–Kier alpha value is -0.570. The van der Waals surface area contributed by atoms with E-state index in [2.05, 4.69) is 25.2 Å². The Morgan fingerprint density at radius 2 is 2.06 bits per heavy atom. The van der Waals surface area contributed by atoms with Crippen LogP contribution in [-0.4, -0.2) is 17.8 Å². The molecule has 16 heavy (non-hydrogen) atoms. The van der Waals surface area contributed by atoms with Crippen molar-refractivity contribution in [3.63, 3.8) is 0 Å². The van der Waals surface area contributed by atoms with Gasteiger partial charge in [0.15, 0.2) is 0 Å². The van der Waals surface area contributed by atoms with Gasteiger partial charge in [-0.2, -0.15) is 0 Å². The smallest absolute Gasteiger partial charge is 0.0584 e. The highest BCUT2D eigenvalue weighted by atomic mass is 35.5. The number of nitrogens with one attached hydrogen (secondary N) is 1. The van der Waals surface area contributed by atoms with Gasteiger partial charge >= 0.3 is 0 Å². The third-order valence-electron chi connectivity index (χ3n) is 2.81. The van der Waals surface area contributed by atoms with Crippen LogP contribution in [0.4, 0.5) is 0 Å². The second-order valence-electron chi connectivity index (χ2n) is 3.97. The number of hydrogen-bond acceptors (Lipinski definition) is 2. The topological polar surface area (TPSA) is 32.3 Å². The first kappa shape index (κ1) is 13.5. The molecule has 0 aliphatic rings. The first-order valence-electron chi connectivity index (χ1n) is 5.83. The van der Waals surface area contributed by atoms with Gasteiger partial charge in [-0.05, 0) is 30.5 Å². The molecule has 0 aromatic heterocycles. The summed E-state index contributed by atoms with van der Waals surface area (Å²) in [7, 11) is 0. The molecule has 0 bridgehead atoms. The van der Waals surface area contributed by atoms with E-state index in [1.165, 1.54) is 5.56 Å². The van der Waals surface area contributed by atoms with E-state index < -0.39 is 0 Å². The lowest BCUT2D eigenvalue weighted by molar-refractivity contribution is 0.226.